The van der Waals surface area contributed by atoms with Crippen LogP contribution in [0.3, 0.4) is 0 Å². The first-order valence-corrected chi connectivity index (χ1v) is 14.9. The predicted octanol–water partition coefficient (Wildman–Crippen LogP) is 6.02. The lowest BCUT2D eigenvalue weighted by molar-refractivity contribution is -0.122. The molecule has 5 rings (SSSR count). The molecule has 0 radical (unpaired) electrons. The van der Waals surface area contributed by atoms with Gasteiger partial charge in [-0.15, -0.1) is 11.8 Å². The molecular formula is C30H28N2O4S2. The van der Waals surface area contributed by atoms with Crippen LogP contribution >= 0.6 is 11.8 Å². The first-order valence-electron chi connectivity index (χ1n) is 12.3. The minimum atomic E-state index is -3.76. The number of sulfonamides is 1. The number of nitrogens with one attached hydrogen (secondary N) is 1. The highest BCUT2D eigenvalue weighted by Crippen LogP contribution is 2.36. The molecule has 0 saturated heterocycles. The molecule has 1 atom stereocenters. The second kappa shape index (κ2) is 11.3. The molecule has 1 heterocycles. The molecule has 4 aromatic rings. The summed E-state index contributed by atoms with van der Waals surface area (Å²) in [5.41, 5.74) is 3.86. The number of nitrogens with zero attached hydrogens (tertiary/aromatic N) is 1. The van der Waals surface area contributed by atoms with Gasteiger partial charge in [0, 0.05) is 16.3 Å². The van der Waals surface area contributed by atoms with Gasteiger partial charge in [-0.1, -0.05) is 72.8 Å². The monoisotopic (exact) mass is 544 g/mol. The third-order valence-electron chi connectivity index (χ3n) is 6.25. The summed E-state index contributed by atoms with van der Waals surface area (Å²) in [5.74, 6) is 0.614. The van der Waals surface area contributed by atoms with E-state index in [0.717, 1.165) is 16.9 Å². The largest absolute Gasteiger partial charge is 0.476 e. The Hall–Kier alpha value is -3.75. The Balaban J connectivity index is 1.30. The average molecular weight is 545 g/mol. The predicted molar refractivity (Wildman–Crippen MR) is 153 cm³/mol. The normalized spacial score (nSPS) is 14.9. The van der Waals surface area contributed by atoms with Gasteiger partial charge in [-0.2, -0.15) is 0 Å². The van der Waals surface area contributed by atoms with Crippen molar-refractivity contribution in [2.75, 3.05) is 16.2 Å². The van der Waals surface area contributed by atoms with E-state index in [9.17, 15) is 13.2 Å². The summed E-state index contributed by atoms with van der Waals surface area (Å²) in [6.07, 6.45) is -0.997. The SMILES string of the molecule is Cc1cc(CSc2ccccc2)ccc1NC(=O)C1CN(S(=O)(=O)Cc2ccccc2)c2ccccc2O1. The molecule has 1 N–H and O–H groups in total. The molecule has 0 aromatic heterocycles. The quantitative estimate of drug-likeness (QED) is 0.275. The zero-order chi connectivity index (χ0) is 26.5. The van der Waals surface area contributed by atoms with Crippen LogP contribution in [0.5, 0.6) is 5.75 Å². The molecule has 0 saturated carbocycles. The van der Waals surface area contributed by atoms with Crippen LogP contribution in [0.2, 0.25) is 0 Å². The zero-order valence-electron chi connectivity index (χ0n) is 20.9. The van der Waals surface area contributed by atoms with Crippen molar-refractivity contribution >= 4 is 39.1 Å². The molecule has 1 amide bonds. The van der Waals surface area contributed by atoms with Crippen LogP contribution in [0, 0.1) is 6.92 Å². The lowest BCUT2D eigenvalue weighted by Crippen LogP contribution is -2.49. The van der Waals surface area contributed by atoms with Crippen LogP contribution in [0.1, 0.15) is 16.7 Å². The molecule has 1 unspecified atom stereocenters. The van der Waals surface area contributed by atoms with Crippen LogP contribution in [0.15, 0.2) is 108 Å². The van der Waals surface area contributed by atoms with Crippen molar-refractivity contribution in [2.24, 2.45) is 0 Å². The maximum Gasteiger partial charge on any atom is 0.267 e. The van der Waals surface area contributed by atoms with E-state index in [2.05, 4.69) is 23.5 Å². The Morgan fingerprint density at radius 1 is 0.921 bits per heavy atom. The number of amides is 1. The fourth-order valence-corrected chi connectivity index (χ4v) is 6.76. The van der Waals surface area contributed by atoms with E-state index >= 15 is 0 Å². The molecule has 8 heteroatoms. The van der Waals surface area contributed by atoms with Crippen LogP contribution in [-0.2, 0) is 26.3 Å². The van der Waals surface area contributed by atoms with Gasteiger partial charge in [-0.3, -0.25) is 9.10 Å². The minimum Gasteiger partial charge on any atom is -0.476 e. The highest BCUT2D eigenvalue weighted by Gasteiger charge is 2.36. The van der Waals surface area contributed by atoms with E-state index < -0.39 is 22.0 Å². The van der Waals surface area contributed by atoms with Gasteiger partial charge < -0.3 is 10.1 Å². The number of benzene rings is 4. The van der Waals surface area contributed by atoms with Crippen LogP contribution < -0.4 is 14.4 Å². The number of anilines is 2. The Morgan fingerprint density at radius 3 is 2.34 bits per heavy atom. The van der Waals surface area contributed by atoms with Crippen molar-refractivity contribution in [3.63, 3.8) is 0 Å². The molecule has 0 bridgehead atoms. The zero-order valence-corrected chi connectivity index (χ0v) is 22.5. The van der Waals surface area contributed by atoms with Gasteiger partial charge in [-0.05, 0) is 53.9 Å². The number of carbonyl (C=O) groups excluding carboxylic acids is 1. The Kier molecular flexibility index (Phi) is 7.72. The Labute approximate surface area is 227 Å². The summed E-state index contributed by atoms with van der Waals surface area (Å²) >= 11 is 1.75. The van der Waals surface area contributed by atoms with Crippen molar-refractivity contribution in [3.05, 3.63) is 120 Å². The standard InChI is InChI=1S/C30H28N2O4S2/c1-22-18-24(20-37-25-12-6-3-7-13-25)16-17-26(22)31-30(33)29-19-32(27-14-8-9-15-28(27)36-29)38(34,35)21-23-10-4-2-5-11-23/h2-18,29H,19-21H2,1H3,(H,31,33). The lowest BCUT2D eigenvalue weighted by atomic mass is 10.1. The number of para-hydroxylation sites is 2. The molecule has 4 aromatic carbocycles. The van der Waals surface area contributed by atoms with Gasteiger partial charge in [0.05, 0.1) is 18.0 Å². The van der Waals surface area contributed by atoms with Crippen LogP contribution in [-0.4, -0.2) is 27.0 Å². The van der Waals surface area contributed by atoms with Gasteiger partial charge >= 0.3 is 0 Å². The summed E-state index contributed by atoms with van der Waals surface area (Å²) in [5, 5.41) is 2.94. The first-order chi connectivity index (χ1) is 18.4. The van der Waals surface area contributed by atoms with Gasteiger partial charge in [0.25, 0.3) is 5.91 Å². The summed E-state index contributed by atoms with van der Waals surface area (Å²) < 4.78 is 34.1. The van der Waals surface area contributed by atoms with E-state index in [0.29, 0.717) is 22.7 Å². The third kappa shape index (κ3) is 6.03. The van der Waals surface area contributed by atoms with Crippen molar-refractivity contribution in [1.82, 2.24) is 0 Å². The Morgan fingerprint density at radius 2 is 1.61 bits per heavy atom. The van der Waals surface area contributed by atoms with E-state index in [1.807, 2.05) is 55.5 Å². The second-order valence-electron chi connectivity index (χ2n) is 9.09. The molecule has 0 spiro atoms. The van der Waals surface area contributed by atoms with Gasteiger partial charge in [0.15, 0.2) is 6.10 Å². The summed E-state index contributed by atoms with van der Waals surface area (Å²) in [7, 11) is -3.76. The fourth-order valence-electron chi connectivity index (χ4n) is 4.32. The second-order valence-corrected chi connectivity index (χ2v) is 12.0. The molecule has 0 fully saturated rings. The first kappa shape index (κ1) is 25.9. The van der Waals surface area contributed by atoms with Crippen molar-refractivity contribution in [1.29, 1.82) is 0 Å². The smallest absolute Gasteiger partial charge is 0.267 e. The van der Waals surface area contributed by atoms with Gasteiger partial charge in [0.2, 0.25) is 10.0 Å². The van der Waals surface area contributed by atoms with Gasteiger partial charge in [-0.25, -0.2) is 8.42 Å². The van der Waals surface area contributed by atoms with Gasteiger partial charge in [0.1, 0.15) is 5.75 Å². The number of hydrogen-bond acceptors (Lipinski definition) is 5. The number of carbonyl (C=O) groups is 1. The molecule has 0 aliphatic carbocycles. The number of aryl methyl sites for hydroxylation is 1. The van der Waals surface area contributed by atoms with Crippen LogP contribution in [0.25, 0.3) is 0 Å². The summed E-state index contributed by atoms with van der Waals surface area (Å²) in [4.78, 5) is 14.5. The fraction of sp³-hybridized carbons (Fsp3) is 0.167. The number of fused-ring (bicyclic) bond motifs is 1. The minimum absolute atomic E-state index is 0.108. The maximum atomic E-state index is 13.4. The van der Waals surface area contributed by atoms with E-state index in [-0.39, 0.29) is 12.3 Å². The van der Waals surface area contributed by atoms with Crippen molar-refractivity contribution in [3.8, 4) is 5.75 Å². The number of ether oxygens (including phenoxy) is 1. The van der Waals surface area contributed by atoms with Crippen molar-refractivity contribution in [2.45, 2.75) is 29.4 Å². The summed E-state index contributed by atoms with van der Waals surface area (Å²) in [6, 6.07) is 32.0. The average Bonchev–Trinajstić information content (AvgIpc) is 2.93. The van der Waals surface area contributed by atoms with Crippen molar-refractivity contribution < 1.29 is 17.9 Å². The highest BCUT2D eigenvalue weighted by molar-refractivity contribution is 7.98. The third-order valence-corrected chi connectivity index (χ3v) is 9.05. The maximum absolute atomic E-state index is 13.4. The number of hydrogen-bond donors (Lipinski definition) is 1. The summed E-state index contributed by atoms with van der Waals surface area (Å²) in [6.45, 7) is 1.84. The van der Waals surface area contributed by atoms with Crippen LogP contribution in [0.4, 0.5) is 11.4 Å². The molecule has 38 heavy (non-hydrogen) atoms. The van der Waals surface area contributed by atoms with E-state index in [1.165, 1.54) is 9.20 Å². The molecular weight excluding hydrogens is 516 g/mol. The molecule has 1 aliphatic rings. The van der Waals surface area contributed by atoms with E-state index in [4.69, 9.17) is 4.74 Å². The topological polar surface area (TPSA) is 75.7 Å². The Bertz CT molecular complexity index is 1530. The molecule has 6 nitrogen and oxygen atoms in total. The molecule has 1 aliphatic heterocycles. The molecule has 194 valence electrons. The lowest BCUT2D eigenvalue weighted by Gasteiger charge is -2.34. The number of thioether (sulfide) groups is 1. The van der Waals surface area contributed by atoms with E-state index in [1.54, 1.807) is 48.2 Å². The number of rotatable bonds is 8. The highest BCUT2D eigenvalue weighted by atomic mass is 32.2.